The molecular formula is C17H17NO6S. The lowest BCUT2D eigenvalue weighted by Crippen LogP contribution is -2.14. The van der Waals surface area contributed by atoms with Crippen molar-refractivity contribution in [2.45, 2.75) is 33.5 Å². The second kappa shape index (κ2) is 7.20. The molecule has 0 fully saturated rings. The van der Waals surface area contributed by atoms with Gasteiger partial charge in [0.15, 0.2) is 6.79 Å². The van der Waals surface area contributed by atoms with E-state index in [0.717, 1.165) is 16.9 Å². The van der Waals surface area contributed by atoms with E-state index >= 15 is 0 Å². The van der Waals surface area contributed by atoms with Gasteiger partial charge in [0.2, 0.25) is 0 Å². The first-order valence-corrected chi connectivity index (χ1v) is 8.58. The third-order valence-electron chi connectivity index (χ3n) is 3.94. The molecule has 0 bridgehead atoms. The van der Waals surface area contributed by atoms with Gasteiger partial charge in [-0.2, -0.15) is 0 Å². The Kier molecular flexibility index (Phi) is 5.00. The summed E-state index contributed by atoms with van der Waals surface area (Å²) in [7, 11) is 0. The Morgan fingerprint density at radius 1 is 1.36 bits per heavy atom. The van der Waals surface area contributed by atoms with Crippen LogP contribution < -0.4 is 4.74 Å². The highest BCUT2D eigenvalue weighted by molar-refractivity contribution is 7.14. The summed E-state index contributed by atoms with van der Waals surface area (Å²) < 4.78 is 15.9. The first kappa shape index (κ1) is 17.4. The highest BCUT2D eigenvalue weighted by atomic mass is 32.1. The first-order valence-electron chi connectivity index (χ1n) is 7.76. The minimum atomic E-state index is -0.490. The van der Waals surface area contributed by atoms with Crippen LogP contribution in [0.4, 0.5) is 5.69 Å². The third kappa shape index (κ3) is 3.64. The van der Waals surface area contributed by atoms with Crippen molar-refractivity contribution in [3.8, 4) is 5.75 Å². The normalized spacial score (nSPS) is 13.0. The molecule has 3 rings (SSSR count). The molecule has 0 spiro atoms. The standard InChI is InChI=1S/C17H17NO6S/c1-3-11-6-15(25-10(11)2)17(19)23-8-13-5-14(18(20)21)4-12-7-22-9-24-16(12)13/h4-6H,3,7-9H2,1-2H3. The molecule has 0 amide bonds. The summed E-state index contributed by atoms with van der Waals surface area (Å²) in [6.07, 6.45) is 0.849. The van der Waals surface area contributed by atoms with Crippen LogP contribution in [0.1, 0.15) is 38.2 Å². The van der Waals surface area contributed by atoms with Gasteiger partial charge in [-0.15, -0.1) is 11.3 Å². The molecule has 1 aromatic heterocycles. The van der Waals surface area contributed by atoms with Gasteiger partial charge in [-0.05, 0) is 25.0 Å². The van der Waals surface area contributed by atoms with Crippen molar-refractivity contribution in [2.75, 3.05) is 6.79 Å². The number of hydrogen-bond donors (Lipinski definition) is 0. The van der Waals surface area contributed by atoms with Gasteiger partial charge in [0.25, 0.3) is 5.69 Å². The number of rotatable bonds is 5. The number of esters is 1. The van der Waals surface area contributed by atoms with Crippen molar-refractivity contribution in [3.63, 3.8) is 0 Å². The highest BCUT2D eigenvalue weighted by Crippen LogP contribution is 2.33. The molecule has 0 saturated carbocycles. The van der Waals surface area contributed by atoms with Gasteiger partial charge in [0.05, 0.1) is 11.5 Å². The number of carbonyl (C=O) groups excluding carboxylic acids is 1. The van der Waals surface area contributed by atoms with Gasteiger partial charge in [-0.3, -0.25) is 10.1 Å². The van der Waals surface area contributed by atoms with Crippen LogP contribution in [-0.2, 0) is 29.1 Å². The van der Waals surface area contributed by atoms with Gasteiger partial charge in [0.1, 0.15) is 17.2 Å². The van der Waals surface area contributed by atoms with E-state index in [2.05, 4.69) is 0 Å². The second-order valence-corrected chi connectivity index (χ2v) is 6.84. The van der Waals surface area contributed by atoms with Crippen molar-refractivity contribution in [1.29, 1.82) is 0 Å². The van der Waals surface area contributed by atoms with E-state index in [1.165, 1.54) is 23.5 Å². The third-order valence-corrected chi connectivity index (χ3v) is 5.02. The summed E-state index contributed by atoms with van der Waals surface area (Å²) in [6, 6.07) is 4.61. The summed E-state index contributed by atoms with van der Waals surface area (Å²) >= 11 is 1.38. The molecule has 0 atom stereocenters. The fourth-order valence-electron chi connectivity index (χ4n) is 2.68. The van der Waals surface area contributed by atoms with E-state index in [4.69, 9.17) is 14.2 Å². The Bertz CT molecular complexity index is 829. The smallest absolute Gasteiger partial charge is 0.348 e. The molecule has 0 N–H and O–H groups in total. The van der Waals surface area contributed by atoms with Crippen molar-refractivity contribution < 1.29 is 23.9 Å². The fraction of sp³-hybridized carbons (Fsp3) is 0.353. The van der Waals surface area contributed by atoms with Crippen LogP contribution in [0.3, 0.4) is 0 Å². The topological polar surface area (TPSA) is 87.9 Å². The Balaban J connectivity index is 1.81. The number of carbonyl (C=O) groups is 1. The number of fused-ring (bicyclic) bond motifs is 1. The lowest BCUT2D eigenvalue weighted by atomic mass is 10.1. The summed E-state index contributed by atoms with van der Waals surface area (Å²) in [5.74, 6) is 0.0429. The predicted octanol–water partition coefficient (Wildman–Crippen LogP) is 3.75. The van der Waals surface area contributed by atoms with Gasteiger partial charge in [-0.1, -0.05) is 6.92 Å². The average Bonchev–Trinajstić information content (AvgIpc) is 3.00. The van der Waals surface area contributed by atoms with E-state index in [-0.39, 0.29) is 25.7 Å². The Hall–Kier alpha value is -2.45. The van der Waals surface area contributed by atoms with Crippen LogP contribution in [0.15, 0.2) is 18.2 Å². The molecular weight excluding hydrogens is 346 g/mol. The molecule has 8 heteroatoms. The Labute approximate surface area is 148 Å². The lowest BCUT2D eigenvalue weighted by Gasteiger charge is -2.20. The van der Waals surface area contributed by atoms with Crippen molar-refractivity contribution in [1.82, 2.24) is 0 Å². The molecule has 1 aliphatic rings. The zero-order valence-corrected chi connectivity index (χ0v) is 14.7. The van der Waals surface area contributed by atoms with Gasteiger partial charge in [-0.25, -0.2) is 4.79 Å². The predicted molar refractivity (Wildman–Crippen MR) is 90.9 cm³/mol. The zero-order valence-electron chi connectivity index (χ0n) is 13.9. The minimum absolute atomic E-state index is 0.0652. The van der Waals surface area contributed by atoms with Gasteiger partial charge >= 0.3 is 5.97 Å². The molecule has 0 aliphatic carbocycles. The van der Waals surface area contributed by atoms with Crippen molar-refractivity contribution >= 4 is 23.0 Å². The maximum absolute atomic E-state index is 12.3. The quantitative estimate of drug-likeness (QED) is 0.457. The van der Waals surface area contributed by atoms with Gasteiger partial charge in [0, 0.05) is 28.1 Å². The summed E-state index contributed by atoms with van der Waals surface area (Å²) in [6.45, 7) is 4.18. The number of nitrogens with zero attached hydrogens (tertiary/aromatic N) is 1. The number of non-ortho nitro benzene ring substituents is 1. The summed E-state index contributed by atoms with van der Waals surface area (Å²) in [5.41, 5.74) is 2.07. The maximum Gasteiger partial charge on any atom is 0.348 e. The molecule has 0 saturated heterocycles. The number of nitro groups is 1. The van der Waals surface area contributed by atoms with E-state index in [1.54, 1.807) is 0 Å². The molecule has 7 nitrogen and oxygen atoms in total. The fourth-order valence-corrected chi connectivity index (χ4v) is 3.69. The van der Waals surface area contributed by atoms with Crippen molar-refractivity contribution in [2.24, 2.45) is 0 Å². The number of ether oxygens (including phenoxy) is 3. The van der Waals surface area contributed by atoms with Crippen LogP contribution in [0, 0.1) is 17.0 Å². The van der Waals surface area contributed by atoms with E-state index in [1.807, 2.05) is 19.9 Å². The SMILES string of the molecule is CCc1cc(C(=O)OCc2cc([N+](=O)[O-])cc3c2OCOC3)sc1C. The summed E-state index contributed by atoms with van der Waals surface area (Å²) in [5, 5.41) is 11.1. The van der Waals surface area contributed by atoms with E-state index < -0.39 is 10.9 Å². The zero-order chi connectivity index (χ0) is 18.0. The van der Waals surface area contributed by atoms with Crippen LogP contribution >= 0.6 is 11.3 Å². The molecule has 0 unspecified atom stereocenters. The summed E-state index contributed by atoms with van der Waals surface area (Å²) in [4.78, 5) is 24.5. The molecule has 2 aromatic rings. The number of thiophene rings is 1. The number of aryl methyl sites for hydroxylation is 2. The molecule has 1 aromatic carbocycles. The monoisotopic (exact) mass is 363 g/mol. The average molecular weight is 363 g/mol. The van der Waals surface area contributed by atoms with Crippen LogP contribution in [0.2, 0.25) is 0 Å². The van der Waals surface area contributed by atoms with Crippen molar-refractivity contribution in [3.05, 3.63) is 54.8 Å². The number of benzene rings is 1. The largest absolute Gasteiger partial charge is 0.467 e. The van der Waals surface area contributed by atoms with Crippen LogP contribution in [-0.4, -0.2) is 17.7 Å². The first-order chi connectivity index (χ1) is 12.0. The molecule has 132 valence electrons. The number of hydrogen-bond acceptors (Lipinski definition) is 7. The maximum atomic E-state index is 12.3. The van der Waals surface area contributed by atoms with E-state index in [9.17, 15) is 14.9 Å². The van der Waals surface area contributed by atoms with Gasteiger partial charge < -0.3 is 14.2 Å². The Morgan fingerprint density at radius 3 is 2.84 bits per heavy atom. The Morgan fingerprint density at radius 2 is 2.16 bits per heavy atom. The van der Waals surface area contributed by atoms with Crippen LogP contribution in [0.5, 0.6) is 5.75 Å². The molecule has 0 radical (unpaired) electrons. The van der Waals surface area contributed by atoms with Crippen LogP contribution in [0.25, 0.3) is 0 Å². The van der Waals surface area contributed by atoms with E-state index in [0.29, 0.717) is 21.8 Å². The minimum Gasteiger partial charge on any atom is -0.467 e. The number of nitro benzene ring substituents is 1. The molecule has 1 aliphatic heterocycles. The highest BCUT2D eigenvalue weighted by Gasteiger charge is 2.22. The molecule has 25 heavy (non-hydrogen) atoms. The lowest BCUT2D eigenvalue weighted by molar-refractivity contribution is -0.385. The molecule has 2 heterocycles. The second-order valence-electron chi connectivity index (χ2n) is 5.58.